The zero-order valence-corrected chi connectivity index (χ0v) is 28.5. The van der Waals surface area contributed by atoms with Crippen LogP contribution in [-0.4, -0.2) is 67.4 Å². The Labute approximate surface area is 287 Å². The molecule has 4 aromatic rings. The van der Waals surface area contributed by atoms with Gasteiger partial charge in [-0.25, -0.2) is 31.6 Å². The van der Waals surface area contributed by atoms with Gasteiger partial charge in [0.05, 0.1) is 45.7 Å². The Hall–Kier alpha value is -4.36. The van der Waals surface area contributed by atoms with Gasteiger partial charge in [0, 0.05) is 42.9 Å². The van der Waals surface area contributed by atoms with Gasteiger partial charge in [0.15, 0.2) is 0 Å². The van der Waals surface area contributed by atoms with Crippen LogP contribution in [0.4, 0.5) is 19.0 Å². The summed E-state index contributed by atoms with van der Waals surface area (Å²) in [5.74, 6) is -5.69. The molecule has 4 aliphatic rings. The molecular weight excluding hydrogens is 671 g/mol. The Morgan fingerprint density at radius 2 is 1.78 bits per heavy atom. The Morgan fingerprint density at radius 3 is 2.52 bits per heavy atom. The van der Waals surface area contributed by atoms with E-state index in [0.29, 0.717) is 50.1 Å². The molecule has 3 aromatic heterocycles. The third-order valence-corrected chi connectivity index (χ3v) is 12.2. The van der Waals surface area contributed by atoms with Crippen molar-refractivity contribution in [2.45, 2.75) is 82.5 Å². The Kier molecular flexibility index (Phi) is 8.92. The molecule has 50 heavy (non-hydrogen) atoms. The number of piperidine rings is 1. The van der Waals surface area contributed by atoms with E-state index in [9.17, 15) is 18.5 Å². The third kappa shape index (κ3) is 6.25. The van der Waals surface area contributed by atoms with Gasteiger partial charge >= 0.3 is 0 Å². The van der Waals surface area contributed by atoms with Crippen LogP contribution in [0.3, 0.4) is 0 Å². The minimum absolute atomic E-state index is 0.0242. The number of fused-ring (bicyclic) bond motifs is 6. The highest BCUT2D eigenvalue weighted by atomic mass is 32.2. The van der Waals surface area contributed by atoms with Gasteiger partial charge in [-0.2, -0.15) is 5.26 Å². The summed E-state index contributed by atoms with van der Waals surface area (Å²) in [4.78, 5) is 25.1. The molecule has 1 N–H and O–H groups in total. The van der Waals surface area contributed by atoms with Crippen molar-refractivity contribution in [3.63, 3.8) is 0 Å². The molecule has 0 amide bonds. The van der Waals surface area contributed by atoms with Crippen LogP contribution in [0, 0.1) is 23.1 Å². The van der Waals surface area contributed by atoms with E-state index < -0.39 is 50.1 Å². The number of aromatic nitrogens is 6. The molecule has 1 atom stereocenters. The number of nitrogens with zero attached hydrogens (tertiary/aromatic N) is 8. The van der Waals surface area contributed by atoms with E-state index in [4.69, 9.17) is 0 Å². The van der Waals surface area contributed by atoms with Crippen molar-refractivity contribution in [1.82, 2.24) is 34.4 Å². The lowest BCUT2D eigenvalue weighted by Gasteiger charge is -2.36. The number of hydrogen-bond donors (Lipinski definition) is 1. The number of anilines is 1. The predicted octanol–water partition coefficient (Wildman–Crippen LogP) is 4.46. The molecule has 1 aromatic carbocycles. The molecule has 4 aliphatic heterocycles. The molecule has 8 rings (SSSR count). The minimum Gasteiger partial charge on any atom is -0.363 e. The lowest BCUT2D eigenvalue weighted by molar-refractivity contribution is -0.0886. The second-order valence-electron chi connectivity index (χ2n) is 13.7. The third-order valence-electron chi connectivity index (χ3n) is 10.6. The number of hydrogen-bond acceptors (Lipinski definition) is 10. The van der Waals surface area contributed by atoms with E-state index in [-0.39, 0.29) is 66.3 Å². The average Bonchev–Trinajstić information content (AvgIpc) is 3.54. The van der Waals surface area contributed by atoms with E-state index in [1.807, 2.05) is 6.20 Å². The highest BCUT2D eigenvalue weighted by Gasteiger charge is 2.45. The van der Waals surface area contributed by atoms with Gasteiger partial charge in [0.25, 0.3) is 11.5 Å². The number of benzene rings is 1. The first-order valence-corrected chi connectivity index (χ1v) is 18.8. The molecule has 0 unspecified atom stereocenters. The first-order valence-electron chi connectivity index (χ1n) is 17.0. The molecule has 16 heteroatoms. The van der Waals surface area contributed by atoms with Gasteiger partial charge in [-0.05, 0) is 64.6 Å². The molecule has 264 valence electrons. The van der Waals surface area contributed by atoms with E-state index in [1.54, 1.807) is 11.6 Å². The van der Waals surface area contributed by atoms with Crippen molar-refractivity contribution in [2.75, 3.05) is 29.9 Å². The number of alkyl halides is 2. The van der Waals surface area contributed by atoms with Crippen LogP contribution >= 0.6 is 0 Å². The summed E-state index contributed by atoms with van der Waals surface area (Å²) in [7, 11) is -3.36. The number of pyridine rings is 1. The van der Waals surface area contributed by atoms with Crippen LogP contribution in [0.1, 0.15) is 73.9 Å². The van der Waals surface area contributed by atoms with Crippen molar-refractivity contribution < 1.29 is 21.6 Å². The van der Waals surface area contributed by atoms with Gasteiger partial charge in [-0.15, -0.1) is 5.10 Å². The van der Waals surface area contributed by atoms with E-state index in [0.717, 1.165) is 6.07 Å². The first-order chi connectivity index (χ1) is 23.9. The second kappa shape index (κ2) is 13.1. The summed E-state index contributed by atoms with van der Waals surface area (Å²) in [6.07, 6.45) is 4.59. The van der Waals surface area contributed by atoms with Crippen molar-refractivity contribution in [3.05, 3.63) is 75.3 Å². The van der Waals surface area contributed by atoms with Crippen LogP contribution in [0.2, 0.25) is 0 Å². The number of nitrogens with one attached hydrogen (secondary N) is 1. The Balaban J connectivity index is 1.34. The topological polar surface area (TPSA) is 152 Å². The molecular formula is C34H38F3N9O3S. The fourth-order valence-electron chi connectivity index (χ4n) is 7.57. The van der Waals surface area contributed by atoms with Crippen LogP contribution in [0.25, 0.3) is 11.0 Å². The van der Waals surface area contributed by atoms with Gasteiger partial charge in [0.2, 0.25) is 0 Å². The largest absolute Gasteiger partial charge is 0.363 e. The Morgan fingerprint density at radius 1 is 1.04 bits per heavy atom. The SMILES string of the molecule is C[C@H]1Nc2ncnc3c2cc(C2(C#N)CCS(=O)(=O)CC2)c(=O)n3CCCCn2cc(nn2)CN2CCC(CC2)C(F)(F)c2cccc1c2F. The van der Waals surface area contributed by atoms with Crippen LogP contribution in [-0.2, 0) is 40.8 Å². The quantitative estimate of drug-likeness (QED) is 0.300. The minimum atomic E-state index is -3.41. The molecule has 0 radical (unpaired) electrons. The number of nitriles is 1. The molecule has 2 fully saturated rings. The van der Waals surface area contributed by atoms with Crippen molar-refractivity contribution in [2.24, 2.45) is 5.92 Å². The maximum absolute atomic E-state index is 16.1. The van der Waals surface area contributed by atoms with Crippen molar-refractivity contribution >= 4 is 26.7 Å². The summed E-state index contributed by atoms with van der Waals surface area (Å²) < 4.78 is 76.1. The smallest absolute Gasteiger partial charge is 0.278 e. The second-order valence-corrected chi connectivity index (χ2v) is 16.1. The predicted molar refractivity (Wildman–Crippen MR) is 179 cm³/mol. The highest BCUT2D eigenvalue weighted by Crippen LogP contribution is 2.44. The standard InChI is InChI=1S/C34H38F3N9O3S/c1-22-25-5-4-6-27(29(25)35)34(36,37)23-7-13-44(14-8-23)18-24-19-45(43-42-24)11-2-3-12-46-31-26(30(41-22)39-21-40-31)17-28(32(46)47)33(20-38)9-15-50(48,49)16-10-33/h4-6,17,19,21-23H,2-3,7-16,18H2,1H3,(H,39,40,41)/t22-/m1/s1. The Bertz CT molecular complexity index is 2120. The van der Waals surface area contributed by atoms with Gasteiger partial charge in [0.1, 0.15) is 33.4 Å². The normalized spacial score (nSPS) is 24.8. The van der Waals surface area contributed by atoms with Crippen LogP contribution < -0.4 is 10.9 Å². The highest BCUT2D eigenvalue weighted by molar-refractivity contribution is 7.91. The first kappa shape index (κ1) is 34.1. The summed E-state index contributed by atoms with van der Waals surface area (Å²) >= 11 is 0. The lowest BCUT2D eigenvalue weighted by atomic mass is 9.77. The van der Waals surface area contributed by atoms with Crippen LogP contribution in [0.5, 0.6) is 0 Å². The molecule has 0 spiro atoms. The average molecular weight is 710 g/mol. The molecule has 7 heterocycles. The van der Waals surface area contributed by atoms with Crippen molar-refractivity contribution in [3.8, 4) is 6.07 Å². The molecule has 2 saturated heterocycles. The number of rotatable bonds is 1. The van der Waals surface area contributed by atoms with E-state index >= 15 is 13.2 Å². The number of aryl methyl sites for hydroxylation is 2. The van der Waals surface area contributed by atoms with E-state index in [1.165, 1.54) is 29.1 Å². The summed E-state index contributed by atoms with van der Waals surface area (Å²) in [6, 6.07) is 6.99. The number of sulfone groups is 1. The molecule has 0 saturated carbocycles. The van der Waals surface area contributed by atoms with Gasteiger partial charge in [-0.3, -0.25) is 18.9 Å². The summed E-state index contributed by atoms with van der Waals surface area (Å²) in [6.45, 7) is 3.71. The fraction of sp³-hybridized carbons (Fsp3) is 0.529. The maximum atomic E-state index is 16.1. The van der Waals surface area contributed by atoms with Gasteiger partial charge in [-0.1, -0.05) is 23.4 Å². The van der Waals surface area contributed by atoms with E-state index in [2.05, 4.69) is 36.6 Å². The summed E-state index contributed by atoms with van der Waals surface area (Å²) in [5.41, 5.74) is -1.31. The van der Waals surface area contributed by atoms with Gasteiger partial charge < -0.3 is 5.32 Å². The molecule has 0 aliphatic carbocycles. The monoisotopic (exact) mass is 709 g/mol. The lowest BCUT2D eigenvalue weighted by Crippen LogP contribution is -2.41. The van der Waals surface area contributed by atoms with Crippen molar-refractivity contribution in [1.29, 1.82) is 5.26 Å². The zero-order chi connectivity index (χ0) is 35.3. The molecule has 12 nitrogen and oxygen atoms in total. The molecule has 10 bridgehead atoms. The fourth-order valence-corrected chi connectivity index (χ4v) is 9.09. The zero-order valence-electron chi connectivity index (χ0n) is 27.7. The number of halogens is 3. The van der Waals surface area contributed by atoms with Crippen LogP contribution in [0.15, 0.2) is 41.6 Å². The maximum Gasteiger partial charge on any atom is 0.278 e. The summed E-state index contributed by atoms with van der Waals surface area (Å²) in [5, 5.41) is 22.5.